The molecule has 2 aromatic heterocycles. The molecule has 6 nitrogen and oxygen atoms in total. The molecule has 0 aliphatic heterocycles. The lowest BCUT2D eigenvalue weighted by Gasteiger charge is -2.13. The molecule has 0 bridgehead atoms. The van der Waals surface area contributed by atoms with E-state index in [9.17, 15) is 8.78 Å². The van der Waals surface area contributed by atoms with Gasteiger partial charge in [0.25, 0.3) is 0 Å². The number of benzene rings is 6. The number of hydrogen-bond donors (Lipinski definition) is 2. The molecular weight excluding hydrogens is 761 g/mol. The number of anilines is 3. The van der Waals surface area contributed by atoms with E-state index in [-0.39, 0.29) is 11.6 Å². The predicted octanol–water partition coefficient (Wildman–Crippen LogP) is 13.1. The maximum absolute atomic E-state index is 13.3. The lowest BCUT2D eigenvalue weighted by molar-refractivity contribution is 0.415. The topological polar surface area (TPSA) is 82.3 Å². The molecule has 3 N–H and O–H groups in total. The Morgan fingerprint density at radius 3 is 1.56 bits per heavy atom. The molecule has 0 saturated carbocycles. The molecule has 0 aliphatic rings. The quantitative estimate of drug-likeness (QED) is 0.163. The standard InChI is InChI=1S/C22H16ClFN2O.C15H9ClFN.C7H8ClNO/c1-27-22-11-10-16(12-18(22)23)25-21-13-20(14-6-8-15(24)9-7-14)26-19-5-3-2-4-17(19)21;16-13-9-15(10-5-7-11(17)8-6-10)18-14-4-2-1-3-12(13)14;1-10-7-3-2-5(9)4-6(7)8/h2-13H,1H3,(H,25,26);1-9H;2-4H,9H2,1H3. The molecule has 11 heteroatoms. The van der Waals surface area contributed by atoms with Gasteiger partial charge in [0.15, 0.2) is 0 Å². The number of fused-ring (bicyclic) bond motifs is 2. The highest BCUT2D eigenvalue weighted by Gasteiger charge is 2.10. The zero-order valence-electron chi connectivity index (χ0n) is 29.5. The third kappa shape index (κ3) is 9.79. The smallest absolute Gasteiger partial charge is 0.137 e. The van der Waals surface area contributed by atoms with Crippen molar-refractivity contribution < 1.29 is 18.3 Å². The average Bonchev–Trinajstić information content (AvgIpc) is 3.19. The van der Waals surface area contributed by atoms with Crippen LogP contribution in [0.25, 0.3) is 44.3 Å². The van der Waals surface area contributed by atoms with Crippen LogP contribution in [0.5, 0.6) is 11.5 Å². The fourth-order valence-electron chi connectivity index (χ4n) is 5.53. The first-order valence-electron chi connectivity index (χ1n) is 16.8. The minimum atomic E-state index is -0.272. The van der Waals surface area contributed by atoms with Gasteiger partial charge in [0, 0.05) is 33.3 Å². The summed E-state index contributed by atoms with van der Waals surface area (Å²) in [5, 5.41) is 7.03. The summed E-state index contributed by atoms with van der Waals surface area (Å²) >= 11 is 18.2. The molecule has 6 aromatic carbocycles. The fourth-order valence-corrected chi connectivity index (χ4v) is 6.32. The molecule has 2 heterocycles. The second-order valence-corrected chi connectivity index (χ2v) is 13.2. The molecule has 55 heavy (non-hydrogen) atoms. The highest BCUT2D eigenvalue weighted by atomic mass is 35.5. The van der Waals surface area contributed by atoms with E-state index in [1.54, 1.807) is 62.8 Å². The molecular formula is C44H33Cl3F2N4O2. The van der Waals surface area contributed by atoms with Crippen molar-refractivity contribution in [1.29, 1.82) is 0 Å². The maximum Gasteiger partial charge on any atom is 0.137 e. The predicted molar refractivity (Wildman–Crippen MR) is 223 cm³/mol. The number of nitrogen functional groups attached to an aromatic ring is 1. The lowest BCUT2D eigenvalue weighted by atomic mass is 10.1. The van der Waals surface area contributed by atoms with Crippen molar-refractivity contribution in [3.05, 3.63) is 172 Å². The number of aromatic nitrogens is 2. The van der Waals surface area contributed by atoms with Gasteiger partial charge in [-0.25, -0.2) is 18.7 Å². The lowest BCUT2D eigenvalue weighted by Crippen LogP contribution is -1.96. The van der Waals surface area contributed by atoms with E-state index < -0.39 is 0 Å². The van der Waals surface area contributed by atoms with Gasteiger partial charge in [-0.1, -0.05) is 71.2 Å². The van der Waals surface area contributed by atoms with Crippen LogP contribution in [0.4, 0.5) is 25.8 Å². The number of halogens is 5. The Balaban J connectivity index is 0.000000157. The highest BCUT2D eigenvalue weighted by Crippen LogP contribution is 2.34. The number of methoxy groups -OCH3 is 2. The van der Waals surface area contributed by atoms with Crippen LogP contribution in [0.2, 0.25) is 15.1 Å². The number of nitrogens with two attached hydrogens (primary N) is 1. The summed E-state index contributed by atoms with van der Waals surface area (Å²) in [5.41, 5.74) is 12.7. The number of nitrogens with zero attached hydrogens (tertiary/aromatic N) is 2. The summed E-state index contributed by atoms with van der Waals surface area (Å²) in [7, 11) is 3.15. The molecule has 0 unspecified atom stereocenters. The van der Waals surface area contributed by atoms with E-state index in [1.165, 1.54) is 24.3 Å². The number of pyridine rings is 2. The molecule has 0 aliphatic carbocycles. The van der Waals surface area contributed by atoms with Crippen LogP contribution in [0.15, 0.2) is 146 Å². The van der Waals surface area contributed by atoms with Crippen molar-refractivity contribution in [1.82, 2.24) is 9.97 Å². The van der Waals surface area contributed by atoms with Crippen molar-refractivity contribution in [2.24, 2.45) is 0 Å². The van der Waals surface area contributed by atoms with E-state index in [2.05, 4.69) is 10.3 Å². The van der Waals surface area contributed by atoms with Crippen molar-refractivity contribution in [3.63, 3.8) is 0 Å². The van der Waals surface area contributed by atoms with Crippen LogP contribution in [-0.2, 0) is 0 Å². The van der Waals surface area contributed by atoms with Gasteiger partial charge >= 0.3 is 0 Å². The third-order valence-electron chi connectivity index (χ3n) is 8.27. The van der Waals surface area contributed by atoms with Crippen molar-refractivity contribution >= 4 is 73.7 Å². The SMILES string of the molecule is COc1ccc(N)cc1Cl.COc1ccc(Nc2cc(-c3ccc(F)cc3)nc3ccccc23)cc1Cl.Fc1ccc(-c2cc(Cl)c3ccccc3n2)cc1. The highest BCUT2D eigenvalue weighted by molar-refractivity contribution is 6.35. The number of hydrogen-bond acceptors (Lipinski definition) is 6. The minimum Gasteiger partial charge on any atom is -0.495 e. The Kier molecular flexibility index (Phi) is 12.6. The van der Waals surface area contributed by atoms with Crippen LogP contribution in [0.1, 0.15) is 0 Å². The Bertz CT molecular complexity index is 2570. The molecule has 8 aromatic rings. The molecule has 0 saturated heterocycles. The van der Waals surface area contributed by atoms with Crippen LogP contribution in [-0.4, -0.2) is 24.2 Å². The first-order valence-corrected chi connectivity index (χ1v) is 17.9. The Labute approximate surface area is 332 Å². The van der Waals surface area contributed by atoms with Gasteiger partial charge in [0.2, 0.25) is 0 Å². The Morgan fingerprint density at radius 2 is 1.02 bits per heavy atom. The van der Waals surface area contributed by atoms with Gasteiger partial charge in [-0.15, -0.1) is 0 Å². The van der Waals surface area contributed by atoms with E-state index in [4.69, 9.17) is 55.0 Å². The monoisotopic (exact) mass is 792 g/mol. The van der Waals surface area contributed by atoms with Crippen LogP contribution in [0, 0.1) is 11.6 Å². The van der Waals surface area contributed by atoms with E-state index in [1.807, 2.05) is 72.8 Å². The molecule has 0 radical (unpaired) electrons. The number of ether oxygens (including phenoxy) is 2. The summed E-state index contributed by atoms with van der Waals surface area (Å²) in [5.74, 6) is 0.737. The van der Waals surface area contributed by atoms with Gasteiger partial charge in [-0.3, -0.25) is 0 Å². The van der Waals surface area contributed by atoms with Gasteiger partial charge in [0.1, 0.15) is 23.1 Å². The first kappa shape index (κ1) is 38.8. The first-order chi connectivity index (χ1) is 26.6. The second kappa shape index (κ2) is 17.9. The normalized spacial score (nSPS) is 10.5. The Morgan fingerprint density at radius 1 is 0.527 bits per heavy atom. The molecule has 0 atom stereocenters. The number of para-hydroxylation sites is 2. The van der Waals surface area contributed by atoms with Gasteiger partial charge in [0.05, 0.1) is 57.4 Å². The summed E-state index contributed by atoms with van der Waals surface area (Å²) in [6.45, 7) is 0. The van der Waals surface area contributed by atoms with E-state index >= 15 is 0 Å². The maximum atomic E-state index is 13.3. The van der Waals surface area contributed by atoms with E-state index in [0.717, 1.165) is 55.7 Å². The minimum absolute atomic E-state index is 0.259. The van der Waals surface area contributed by atoms with Crippen LogP contribution >= 0.6 is 34.8 Å². The number of nitrogens with one attached hydrogen (secondary N) is 1. The third-order valence-corrected chi connectivity index (χ3v) is 9.17. The summed E-state index contributed by atoms with van der Waals surface area (Å²) in [4.78, 5) is 9.24. The second-order valence-electron chi connectivity index (χ2n) is 12.0. The molecule has 0 fully saturated rings. The van der Waals surface area contributed by atoms with Crippen molar-refractivity contribution in [3.8, 4) is 34.0 Å². The van der Waals surface area contributed by atoms with Gasteiger partial charge in [-0.2, -0.15) is 0 Å². The average molecular weight is 794 g/mol. The van der Waals surface area contributed by atoms with Crippen LogP contribution < -0.4 is 20.5 Å². The fraction of sp³-hybridized carbons (Fsp3) is 0.0455. The molecule has 276 valence electrons. The van der Waals surface area contributed by atoms with Crippen molar-refractivity contribution in [2.75, 3.05) is 25.3 Å². The van der Waals surface area contributed by atoms with Gasteiger partial charge < -0.3 is 20.5 Å². The zero-order chi connectivity index (χ0) is 38.9. The summed E-state index contributed by atoms with van der Waals surface area (Å²) in [6.07, 6.45) is 0. The number of rotatable bonds is 6. The van der Waals surface area contributed by atoms with Gasteiger partial charge in [-0.05, 0) is 109 Å². The Hall–Kier alpha value is -5.93. The molecule has 8 rings (SSSR count). The molecule has 0 amide bonds. The molecule has 0 spiro atoms. The van der Waals surface area contributed by atoms with E-state index in [0.29, 0.717) is 32.3 Å². The summed E-state index contributed by atoms with van der Waals surface area (Å²) in [6, 6.07) is 42.5. The van der Waals surface area contributed by atoms with Crippen molar-refractivity contribution in [2.45, 2.75) is 0 Å². The summed E-state index contributed by atoms with van der Waals surface area (Å²) < 4.78 is 36.3. The van der Waals surface area contributed by atoms with Crippen LogP contribution in [0.3, 0.4) is 0 Å². The zero-order valence-corrected chi connectivity index (χ0v) is 31.8. The largest absolute Gasteiger partial charge is 0.495 e.